The van der Waals surface area contributed by atoms with E-state index in [0.29, 0.717) is 23.4 Å². The second-order valence-corrected chi connectivity index (χ2v) is 13.1. The number of carbonyl (C=O) groups excluding carboxylic acids is 2. The van der Waals surface area contributed by atoms with Crippen molar-refractivity contribution in [2.75, 3.05) is 29.9 Å². The molecule has 2 N–H and O–H groups in total. The third-order valence-electron chi connectivity index (χ3n) is 9.54. The fourth-order valence-corrected chi connectivity index (χ4v) is 6.67. The molecule has 1 fully saturated rings. The number of pyridine rings is 2. The molecule has 2 amide bonds. The van der Waals surface area contributed by atoms with Crippen molar-refractivity contribution in [2.45, 2.75) is 52.6 Å². The monoisotopic (exact) mass is 651 g/mol. The summed E-state index contributed by atoms with van der Waals surface area (Å²) in [6.07, 6.45) is 7.72. The minimum Gasteiger partial charge on any atom is -0.372 e. The number of hydrazone groups is 1. The molecule has 2 aliphatic heterocycles. The Bertz CT molecular complexity index is 2050. The van der Waals surface area contributed by atoms with Gasteiger partial charge in [-0.15, -0.1) is 0 Å². The number of benzene rings is 3. The number of fused-ring (bicyclic) bond motifs is 2. The molecule has 7 rings (SSSR count). The first kappa shape index (κ1) is 32.2. The summed E-state index contributed by atoms with van der Waals surface area (Å²) in [6, 6.07) is 25.6. The van der Waals surface area contributed by atoms with E-state index in [1.54, 1.807) is 12.4 Å². The van der Waals surface area contributed by atoms with Crippen LogP contribution in [0, 0.1) is 13.8 Å². The van der Waals surface area contributed by atoms with Crippen molar-refractivity contribution in [1.29, 1.82) is 0 Å². The molecule has 0 aliphatic carbocycles. The molecule has 49 heavy (non-hydrogen) atoms. The molecule has 0 saturated carbocycles. The molecule has 1 saturated heterocycles. The van der Waals surface area contributed by atoms with Gasteiger partial charge in [0, 0.05) is 67.7 Å². The van der Waals surface area contributed by atoms with Crippen LogP contribution < -0.4 is 15.6 Å². The van der Waals surface area contributed by atoms with E-state index in [0.717, 1.165) is 84.5 Å². The van der Waals surface area contributed by atoms with Crippen molar-refractivity contribution < 1.29 is 9.59 Å². The van der Waals surface area contributed by atoms with Crippen LogP contribution in [0.1, 0.15) is 73.5 Å². The van der Waals surface area contributed by atoms with E-state index < -0.39 is 0 Å². The number of nitrogens with one attached hydrogen (secondary N) is 2. The van der Waals surface area contributed by atoms with Crippen LogP contribution in [0.2, 0.25) is 0 Å². The number of aromatic nitrogens is 2. The maximum Gasteiger partial charge on any atom is 0.273 e. The van der Waals surface area contributed by atoms with Gasteiger partial charge in [-0.3, -0.25) is 14.5 Å². The van der Waals surface area contributed by atoms with Crippen molar-refractivity contribution in [1.82, 2.24) is 20.3 Å². The number of hydrogen-bond donors (Lipinski definition) is 2. The fraction of sp³-hybridized carbons (Fsp3) is 0.275. The fourth-order valence-electron chi connectivity index (χ4n) is 6.67. The smallest absolute Gasteiger partial charge is 0.273 e. The molecular formula is C40H41N7O2. The lowest BCUT2D eigenvalue weighted by Crippen LogP contribution is -2.30. The molecule has 3 aromatic carbocycles. The van der Waals surface area contributed by atoms with Crippen molar-refractivity contribution in [3.8, 4) is 0 Å². The van der Waals surface area contributed by atoms with Crippen LogP contribution in [0.3, 0.4) is 0 Å². The standard InChI is InChI=1S/C40H41N7O2/c1-27-11-12-29(20-28(27)2)24-42-45-40(49)35-23-34(47-17-4-3-5-18-47)13-14-37(35)44-39(48)32-9-6-8-30(21-32)25-46-19-15-36-33(26-46)22-31-10-7-16-41-38(31)43-36/h6-14,16,20-24H,3-5,15,17-19,25-26H2,1-2H3,(H,44,48)(H,45,49). The molecule has 4 heterocycles. The molecule has 248 valence electrons. The predicted octanol–water partition coefficient (Wildman–Crippen LogP) is 6.81. The Morgan fingerprint density at radius 3 is 2.61 bits per heavy atom. The summed E-state index contributed by atoms with van der Waals surface area (Å²) in [4.78, 5) is 41.1. The van der Waals surface area contributed by atoms with Crippen LogP contribution in [0.15, 0.2) is 90.2 Å². The quantitative estimate of drug-likeness (QED) is 0.141. The van der Waals surface area contributed by atoms with E-state index in [9.17, 15) is 9.59 Å². The lowest BCUT2D eigenvalue weighted by molar-refractivity contribution is 0.0956. The molecule has 0 radical (unpaired) electrons. The van der Waals surface area contributed by atoms with Crippen molar-refractivity contribution >= 4 is 40.4 Å². The number of aryl methyl sites for hydroxylation is 2. The number of piperidine rings is 1. The van der Waals surface area contributed by atoms with E-state index in [2.05, 4.69) is 49.7 Å². The van der Waals surface area contributed by atoms with Crippen LogP contribution in [-0.4, -0.2) is 52.5 Å². The molecule has 9 heteroatoms. The first-order valence-electron chi connectivity index (χ1n) is 17.1. The Morgan fingerprint density at radius 2 is 1.76 bits per heavy atom. The van der Waals surface area contributed by atoms with Crippen molar-refractivity contribution in [3.63, 3.8) is 0 Å². The van der Waals surface area contributed by atoms with Gasteiger partial charge in [-0.2, -0.15) is 5.10 Å². The largest absolute Gasteiger partial charge is 0.372 e. The van der Waals surface area contributed by atoms with Gasteiger partial charge in [-0.1, -0.05) is 30.3 Å². The van der Waals surface area contributed by atoms with Gasteiger partial charge in [0.25, 0.3) is 11.8 Å². The topological polar surface area (TPSA) is 103 Å². The van der Waals surface area contributed by atoms with Gasteiger partial charge in [0.2, 0.25) is 0 Å². The lowest BCUT2D eigenvalue weighted by Gasteiger charge is -2.29. The van der Waals surface area contributed by atoms with Gasteiger partial charge >= 0.3 is 0 Å². The van der Waals surface area contributed by atoms with E-state index in [4.69, 9.17) is 4.98 Å². The van der Waals surface area contributed by atoms with Crippen LogP contribution >= 0.6 is 0 Å². The summed E-state index contributed by atoms with van der Waals surface area (Å²) in [5.74, 6) is -0.654. The average molecular weight is 652 g/mol. The van der Waals surface area contributed by atoms with Gasteiger partial charge in [0.15, 0.2) is 5.65 Å². The molecule has 5 aromatic rings. The molecule has 0 bridgehead atoms. The Labute approximate surface area is 287 Å². The first-order valence-corrected chi connectivity index (χ1v) is 17.1. The number of nitrogens with zero attached hydrogens (tertiary/aromatic N) is 5. The summed E-state index contributed by atoms with van der Waals surface area (Å²) < 4.78 is 0. The molecule has 9 nitrogen and oxygen atoms in total. The second kappa shape index (κ2) is 14.4. The highest BCUT2D eigenvalue weighted by Crippen LogP contribution is 2.27. The van der Waals surface area contributed by atoms with Crippen LogP contribution in [0.4, 0.5) is 11.4 Å². The Hall–Kier alpha value is -5.41. The third kappa shape index (κ3) is 7.52. The minimum absolute atomic E-state index is 0.271. The normalized spacial score (nSPS) is 14.9. The number of carbonyl (C=O) groups is 2. The highest BCUT2D eigenvalue weighted by molar-refractivity contribution is 6.09. The first-order chi connectivity index (χ1) is 23.9. The van der Waals surface area contributed by atoms with Crippen molar-refractivity contribution in [3.05, 3.63) is 130 Å². The zero-order valence-electron chi connectivity index (χ0n) is 28.1. The number of anilines is 2. The number of amides is 2. The average Bonchev–Trinajstić information content (AvgIpc) is 3.13. The summed E-state index contributed by atoms with van der Waals surface area (Å²) in [5, 5.41) is 8.31. The van der Waals surface area contributed by atoms with Gasteiger partial charge in [-0.25, -0.2) is 15.4 Å². The summed E-state index contributed by atoms with van der Waals surface area (Å²) >= 11 is 0. The maximum absolute atomic E-state index is 13.7. The SMILES string of the molecule is Cc1ccc(C=NNC(=O)c2cc(N3CCCCC3)ccc2NC(=O)c2cccc(CN3CCc4nc5ncccc5cc4C3)c2)cc1C. The van der Waals surface area contributed by atoms with E-state index in [1.165, 1.54) is 17.5 Å². The predicted molar refractivity (Wildman–Crippen MR) is 195 cm³/mol. The van der Waals surface area contributed by atoms with Gasteiger partial charge in [0.05, 0.1) is 17.5 Å². The van der Waals surface area contributed by atoms with E-state index in [1.807, 2.05) is 73.7 Å². The Morgan fingerprint density at radius 1 is 0.878 bits per heavy atom. The van der Waals surface area contributed by atoms with Crippen LogP contribution in [0.25, 0.3) is 11.0 Å². The maximum atomic E-state index is 13.7. The van der Waals surface area contributed by atoms with Gasteiger partial charge < -0.3 is 10.2 Å². The molecule has 0 spiro atoms. The van der Waals surface area contributed by atoms with Crippen LogP contribution in [-0.2, 0) is 19.5 Å². The molecule has 0 atom stereocenters. The highest BCUT2D eigenvalue weighted by Gasteiger charge is 2.21. The zero-order chi connectivity index (χ0) is 33.7. The Balaban J connectivity index is 1.07. The van der Waals surface area contributed by atoms with Gasteiger partial charge in [0.1, 0.15) is 0 Å². The second-order valence-electron chi connectivity index (χ2n) is 13.1. The minimum atomic E-state index is -0.383. The molecule has 0 unspecified atom stereocenters. The zero-order valence-corrected chi connectivity index (χ0v) is 28.1. The lowest BCUT2D eigenvalue weighted by atomic mass is 10.0. The number of rotatable bonds is 8. The molecular weight excluding hydrogens is 610 g/mol. The molecule has 2 aliphatic rings. The Kier molecular flexibility index (Phi) is 9.43. The van der Waals surface area contributed by atoms with Gasteiger partial charge in [-0.05, 0) is 109 Å². The highest BCUT2D eigenvalue weighted by atomic mass is 16.2. The molecule has 2 aromatic heterocycles. The van der Waals surface area contributed by atoms with Crippen molar-refractivity contribution in [2.24, 2.45) is 5.10 Å². The third-order valence-corrected chi connectivity index (χ3v) is 9.54. The van der Waals surface area contributed by atoms with E-state index >= 15 is 0 Å². The number of hydrogen-bond acceptors (Lipinski definition) is 7. The van der Waals surface area contributed by atoms with Crippen LogP contribution in [0.5, 0.6) is 0 Å². The summed E-state index contributed by atoms with van der Waals surface area (Å²) in [6.45, 7) is 8.37. The van der Waals surface area contributed by atoms with E-state index in [-0.39, 0.29) is 11.8 Å². The summed E-state index contributed by atoms with van der Waals surface area (Å²) in [5.41, 5.74) is 12.4. The summed E-state index contributed by atoms with van der Waals surface area (Å²) in [7, 11) is 0.